The van der Waals surface area contributed by atoms with Crippen LogP contribution < -0.4 is 15.5 Å². The smallest absolute Gasteiger partial charge is 0.251 e. The molecule has 0 unspecified atom stereocenters. The zero-order valence-electron chi connectivity index (χ0n) is 17.6. The average molecular weight is 445 g/mol. The molecule has 2 N–H and O–H groups in total. The number of hydrogen-bond acceptors (Lipinski definition) is 6. The third kappa shape index (κ3) is 7.80. The second kappa shape index (κ2) is 12.2. The number of aromatic nitrogens is 2. The Morgan fingerprint density at radius 3 is 2.32 bits per heavy atom. The Bertz CT molecular complexity index is 826. The van der Waals surface area contributed by atoms with E-state index in [0.29, 0.717) is 36.5 Å². The Balaban J connectivity index is 1.20. The molecule has 2 heterocycles. The second-order valence-corrected chi connectivity index (χ2v) is 7.88. The van der Waals surface area contributed by atoms with Crippen molar-refractivity contribution in [3.63, 3.8) is 0 Å². The highest BCUT2D eigenvalue weighted by atomic mass is 35.5. The summed E-state index contributed by atoms with van der Waals surface area (Å²) in [5, 5.41) is 6.37. The molecule has 2 aromatic rings. The highest BCUT2D eigenvalue weighted by molar-refractivity contribution is 6.30. The van der Waals surface area contributed by atoms with Crippen LogP contribution in [-0.4, -0.2) is 72.5 Å². The summed E-state index contributed by atoms with van der Waals surface area (Å²) in [5.41, 5.74) is 0.561. The third-order valence-electron chi connectivity index (χ3n) is 5.15. The summed E-state index contributed by atoms with van der Waals surface area (Å²) in [6, 6.07) is 8.55. The molecule has 0 atom stereocenters. The maximum atomic E-state index is 12.0. The van der Waals surface area contributed by atoms with Gasteiger partial charge in [0, 0.05) is 68.7 Å². The van der Waals surface area contributed by atoms with Crippen LogP contribution in [0, 0.1) is 0 Å². The fraction of sp³-hybridized carbons (Fsp3) is 0.455. The van der Waals surface area contributed by atoms with E-state index in [1.165, 1.54) is 0 Å². The molecule has 1 aliphatic heterocycles. The van der Waals surface area contributed by atoms with Gasteiger partial charge in [-0.25, -0.2) is 9.97 Å². The van der Waals surface area contributed by atoms with Crippen molar-refractivity contribution in [2.75, 3.05) is 50.7 Å². The number of piperazine rings is 1. The standard InChI is InChI=1S/C22H29ClN6O2/c23-19-7-5-18(6-8-19)21(31)25-9-1-4-20(30)24-12-3-13-28-14-16-29(17-15-28)22-26-10-2-11-27-22/h2,5-8,10-11H,1,3-4,9,12-17H2,(H,24,30)(H,25,31). The van der Waals surface area contributed by atoms with Crippen LogP contribution in [-0.2, 0) is 4.79 Å². The molecule has 1 aromatic carbocycles. The van der Waals surface area contributed by atoms with Crippen molar-refractivity contribution in [3.8, 4) is 0 Å². The summed E-state index contributed by atoms with van der Waals surface area (Å²) < 4.78 is 0. The summed E-state index contributed by atoms with van der Waals surface area (Å²) in [5.74, 6) is 0.654. The summed E-state index contributed by atoms with van der Waals surface area (Å²) in [6.07, 6.45) is 5.46. The first kappa shape index (κ1) is 23.0. The van der Waals surface area contributed by atoms with E-state index in [0.717, 1.165) is 45.1 Å². The minimum atomic E-state index is -0.156. The zero-order chi connectivity index (χ0) is 21.9. The van der Waals surface area contributed by atoms with Gasteiger partial charge in [-0.15, -0.1) is 0 Å². The van der Waals surface area contributed by atoms with Crippen LogP contribution in [0.1, 0.15) is 29.6 Å². The average Bonchev–Trinajstić information content (AvgIpc) is 2.81. The number of amides is 2. The van der Waals surface area contributed by atoms with Crippen LogP contribution in [0.3, 0.4) is 0 Å². The normalized spacial score (nSPS) is 14.3. The number of benzene rings is 1. The van der Waals surface area contributed by atoms with E-state index in [9.17, 15) is 9.59 Å². The quantitative estimate of drug-likeness (QED) is 0.544. The zero-order valence-corrected chi connectivity index (χ0v) is 18.4. The lowest BCUT2D eigenvalue weighted by atomic mass is 10.2. The number of nitrogens with one attached hydrogen (secondary N) is 2. The van der Waals surface area contributed by atoms with E-state index >= 15 is 0 Å². The van der Waals surface area contributed by atoms with Crippen LogP contribution in [0.15, 0.2) is 42.7 Å². The highest BCUT2D eigenvalue weighted by Crippen LogP contribution is 2.10. The van der Waals surface area contributed by atoms with Crippen molar-refractivity contribution in [1.82, 2.24) is 25.5 Å². The monoisotopic (exact) mass is 444 g/mol. The number of carbonyl (C=O) groups is 2. The van der Waals surface area contributed by atoms with Gasteiger partial charge in [0.15, 0.2) is 0 Å². The number of anilines is 1. The van der Waals surface area contributed by atoms with Gasteiger partial charge in [0.1, 0.15) is 0 Å². The topological polar surface area (TPSA) is 90.5 Å². The molecule has 0 saturated carbocycles. The van der Waals surface area contributed by atoms with E-state index in [-0.39, 0.29) is 11.8 Å². The van der Waals surface area contributed by atoms with Crippen LogP contribution in [0.4, 0.5) is 5.95 Å². The van der Waals surface area contributed by atoms with Crippen molar-refractivity contribution in [1.29, 1.82) is 0 Å². The van der Waals surface area contributed by atoms with Crippen LogP contribution in [0.5, 0.6) is 0 Å². The molecular weight excluding hydrogens is 416 g/mol. The van der Waals surface area contributed by atoms with Crippen LogP contribution in [0.2, 0.25) is 5.02 Å². The Labute approximate surface area is 188 Å². The summed E-state index contributed by atoms with van der Waals surface area (Å²) in [7, 11) is 0. The molecule has 31 heavy (non-hydrogen) atoms. The third-order valence-corrected chi connectivity index (χ3v) is 5.41. The van der Waals surface area contributed by atoms with Gasteiger partial charge in [0.05, 0.1) is 0 Å². The van der Waals surface area contributed by atoms with E-state index in [1.807, 2.05) is 6.07 Å². The number of halogens is 1. The molecule has 166 valence electrons. The summed E-state index contributed by atoms with van der Waals surface area (Å²) in [4.78, 5) is 37.2. The van der Waals surface area contributed by atoms with Crippen LogP contribution in [0.25, 0.3) is 0 Å². The predicted octanol–water partition coefficient (Wildman–Crippen LogP) is 1.97. The first-order chi connectivity index (χ1) is 15.1. The Kier molecular flexibility index (Phi) is 9.05. The van der Waals surface area contributed by atoms with Gasteiger partial charge in [-0.2, -0.15) is 0 Å². The fourth-order valence-electron chi connectivity index (χ4n) is 3.40. The number of nitrogens with zero attached hydrogens (tertiary/aromatic N) is 4. The minimum absolute atomic E-state index is 0.0202. The van der Waals surface area contributed by atoms with Crippen molar-refractivity contribution >= 4 is 29.4 Å². The molecule has 1 fully saturated rings. The first-order valence-electron chi connectivity index (χ1n) is 10.7. The van der Waals surface area contributed by atoms with Crippen molar-refractivity contribution in [2.24, 2.45) is 0 Å². The lowest BCUT2D eigenvalue weighted by Gasteiger charge is -2.34. The molecule has 8 nitrogen and oxygen atoms in total. The van der Waals surface area contributed by atoms with Crippen LogP contribution >= 0.6 is 11.6 Å². The molecule has 2 amide bonds. The second-order valence-electron chi connectivity index (χ2n) is 7.45. The fourth-order valence-corrected chi connectivity index (χ4v) is 3.53. The van der Waals surface area contributed by atoms with Gasteiger partial charge >= 0.3 is 0 Å². The molecule has 1 aliphatic rings. The first-order valence-corrected chi connectivity index (χ1v) is 11.0. The van der Waals surface area contributed by atoms with E-state index < -0.39 is 0 Å². The Morgan fingerprint density at radius 1 is 0.935 bits per heavy atom. The van der Waals surface area contributed by atoms with E-state index in [4.69, 9.17) is 11.6 Å². The van der Waals surface area contributed by atoms with Crippen molar-refractivity contribution in [3.05, 3.63) is 53.3 Å². The molecule has 0 radical (unpaired) electrons. The molecule has 3 rings (SSSR count). The van der Waals surface area contributed by atoms with Crippen molar-refractivity contribution < 1.29 is 9.59 Å². The minimum Gasteiger partial charge on any atom is -0.356 e. The van der Waals surface area contributed by atoms with Gasteiger partial charge in [0.2, 0.25) is 11.9 Å². The number of carbonyl (C=O) groups excluding carboxylic acids is 2. The number of hydrogen-bond donors (Lipinski definition) is 2. The van der Waals surface area contributed by atoms with Gasteiger partial charge in [0.25, 0.3) is 5.91 Å². The lowest BCUT2D eigenvalue weighted by molar-refractivity contribution is -0.121. The SMILES string of the molecule is O=C(CCCNC(=O)c1ccc(Cl)cc1)NCCCN1CCN(c2ncccn2)CC1. The van der Waals surface area contributed by atoms with Crippen molar-refractivity contribution in [2.45, 2.75) is 19.3 Å². The summed E-state index contributed by atoms with van der Waals surface area (Å²) >= 11 is 5.82. The molecule has 0 bridgehead atoms. The lowest BCUT2D eigenvalue weighted by Crippen LogP contribution is -2.47. The maximum Gasteiger partial charge on any atom is 0.251 e. The molecule has 1 aromatic heterocycles. The Morgan fingerprint density at radius 2 is 1.61 bits per heavy atom. The summed E-state index contributed by atoms with van der Waals surface area (Å²) in [6.45, 7) is 5.86. The molecule has 0 aliphatic carbocycles. The Hall–Kier alpha value is -2.71. The molecular formula is C22H29ClN6O2. The maximum absolute atomic E-state index is 12.0. The molecule has 0 spiro atoms. The predicted molar refractivity (Wildman–Crippen MR) is 121 cm³/mol. The van der Waals surface area contributed by atoms with E-state index in [1.54, 1.807) is 36.7 Å². The molecule has 1 saturated heterocycles. The van der Waals surface area contributed by atoms with Gasteiger partial charge in [-0.1, -0.05) is 11.6 Å². The number of rotatable bonds is 10. The highest BCUT2D eigenvalue weighted by Gasteiger charge is 2.18. The van der Waals surface area contributed by atoms with Gasteiger partial charge < -0.3 is 15.5 Å². The van der Waals surface area contributed by atoms with E-state index in [2.05, 4.69) is 30.4 Å². The molecule has 9 heteroatoms. The largest absolute Gasteiger partial charge is 0.356 e. The van der Waals surface area contributed by atoms with Gasteiger partial charge in [-0.3, -0.25) is 14.5 Å². The van der Waals surface area contributed by atoms with Gasteiger partial charge in [-0.05, 0) is 49.7 Å².